The predicted molar refractivity (Wildman–Crippen MR) is 92.3 cm³/mol. The zero-order chi connectivity index (χ0) is 14.5. The Morgan fingerprint density at radius 3 is 2.75 bits per heavy atom. The molecule has 1 heterocycles. The highest BCUT2D eigenvalue weighted by Gasteiger charge is 2.18. The number of nitrogens with one attached hydrogen (secondary N) is 2. The highest BCUT2D eigenvalue weighted by Crippen LogP contribution is 2.27. The van der Waals surface area contributed by atoms with Crippen molar-refractivity contribution in [1.82, 2.24) is 5.32 Å². The van der Waals surface area contributed by atoms with Gasteiger partial charge >= 0.3 is 5.97 Å². The molecule has 1 aromatic rings. The first-order chi connectivity index (χ1) is 9.58. The van der Waals surface area contributed by atoms with Crippen molar-refractivity contribution in [1.29, 1.82) is 0 Å². The van der Waals surface area contributed by atoms with Crippen molar-refractivity contribution in [2.24, 2.45) is 0 Å². The van der Waals surface area contributed by atoms with Crippen LogP contribution in [0.25, 0.3) is 0 Å². The molecule has 0 aliphatic carbocycles. The van der Waals surface area contributed by atoms with Crippen LogP contribution in [-0.2, 0) is 4.74 Å². The Morgan fingerprint density at radius 1 is 1.35 bits per heavy atom. The summed E-state index contributed by atoms with van der Waals surface area (Å²) in [5.41, 5.74) is 0.247. The molecule has 0 unspecified atom stereocenters. The molecule has 0 saturated carbocycles. The number of carbonyl (C=O) groups is 1. The number of benzene rings is 1. The van der Waals surface area contributed by atoms with Gasteiger partial charge in [0.05, 0.1) is 16.7 Å². The van der Waals surface area contributed by atoms with E-state index in [9.17, 15) is 9.90 Å². The number of phenols is 1. The lowest BCUT2D eigenvalue weighted by Gasteiger charge is -2.23. The van der Waals surface area contributed by atoms with Gasteiger partial charge in [-0.3, -0.25) is 0 Å². The van der Waals surface area contributed by atoms with Crippen molar-refractivity contribution in [2.45, 2.75) is 0 Å². The number of quaternary nitrogens is 1. The van der Waals surface area contributed by atoms with E-state index in [1.165, 1.54) is 4.90 Å². The number of esters is 1. The molecule has 1 saturated heterocycles. The molecule has 0 aromatic heterocycles. The van der Waals surface area contributed by atoms with E-state index in [4.69, 9.17) is 4.74 Å². The second kappa shape index (κ2) is 7.76. The van der Waals surface area contributed by atoms with Gasteiger partial charge in [0, 0.05) is 16.7 Å². The second-order valence-corrected chi connectivity index (χ2v) is 7.08. The fourth-order valence-corrected chi connectivity index (χ4v) is 3.96. The molecule has 0 radical (unpaired) electrons. The van der Waals surface area contributed by atoms with E-state index in [0.717, 1.165) is 36.3 Å². The molecule has 0 spiro atoms. The number of halogens is 2. The second-order valence-electron chi connectivity index (χ2n) is 4.67. The Hall–Kier alpha value is -0.130. The number of aromatic hydroxyl groups is 1. The molecule has 7 heteroatoms. The van der Waals surface area contributed by atoms with Crippen LogP contribution in [0, 0.1) is 7.14 Å². The van der Waals surface area contributed by atoms with Crippen LogP contribution < -0.4 is 10.2 Å². The molecule has 3 N–H and O–H groups in total. The molecule has 0 bridgehead atoms. The smallest absolute Gasteiger partial charge is 0.342 e. The van der Waals surface area contributed by atoms with Gasteiger partial charge in [-0.15, -0.1) is 0 Å². The molecule has 0 amide bonds. The van der Waals surface area contributed by atoms with Gasteiger partial charge in [0.1, 0.15) is 24.5 Å². The molecule has 0 atom stereocenters. The van der Waals surface area contributed by atoms with Crippen molar-refractivity contribution < 1.29 is 19.5 Å². The summed E-state index contributed by atoms with van der Waals surface area (Å²) in [7, 11) is 0. The Bertz CT molecular complexity index is 491. The summed E-state index contributed by atoms with van der Waals surface area (Å²) in [5, 5.41) is 13.2. The quantitative estimate of drug-likeness (QED) is 0.408. The van der Waals surface area contributed by atoms with Crippen molar-refractivity contribution in [3.63, 3.8) is 0 Å². The van der Waals surface area contributed by atoms with Crippen LogP contribution >= 0.6 is 45.2 Å². The standard InChI is InChI=1S/C13H16I2N2O3/c14-9-7-10(12(18)11(15)8-9)13(19)20-6-5-17-3-1-16-2-4-17/h7-8,16,18H,1-6H2/p+1. The van der Waals surface area contributed by atoms with Crippen LogP contribution in [-0.4, -0.2) is 50.4 Å². The van der Waals surface area contributed by atoms with Crippen LogP contribution in [0.15, 0.2) is 12.1 Å². The summed E-state index contributed by atoms with van der Waals surface area (Å²) in [6.07, 6.45) is 0. The highest BCUT2D eigenvalue weighted by atomic mass is 127. The minimum atomic E-state index is -0.450. The Morgan fingerprint density at radius 2 is 2.05 bits per heavy atom. The maximum absolute atomic E-state index is 12.0. The maximum atomic E-state index is 12.0. The molecule has 1 aromatic carbocycles. The van der Waals surface area contributed by atoms with Crippen LogP contribution in [0.1, 0.15) is 10.4 Å². The highest BCUT2D eigenvalue weighted by molar-refractivity contribution is 14.1. The van der Waals surface area contributed by atoms with E-state index in [2.05, 4.69) is 27.9 Å². The number of rotatable bonds is 4. The van der Waals surface area contributed by atoms with E-state index in [1.54, 1.807) is 6.07 Å². The van der Waals surface area contributed by atoms with Gasteiger partial charge in [-0.2, -0.15) is 0 Å². The van der Waals surface area contributed by atoms with Gasteiger partial charge in [-0.25, -0.2) is 4.79 Å². The summed E-state index contributed by atoms with van der Waals surface area (Å²) in [4.78, 5) is 13.4. The van der Waals surface area contributed by atoms with Crippen LogP contribution in [0.4, 0.5) is 0 Å². The van der Waals surface area contributed by atoms with E-state index in [-0.39, 0.29) is 11.3 Å². The van der Waals surface area contributed by atoms with Gasteiger partial charge < -0.3 is 20.1 Å². The molecule has 1 fully saturated rings. The summed E-state index contributed by atoms with van der Waals surface area (Å²) >= 11 is 4.13. The fraction of sp³-hybridized carbons (Fsp3) is 0.462. The first kappa shape index (κ1) is 16.2. The largest absolute Gasteiger partial charge is 0.506 e. The van der Waals surface area contributed by atoms with Crippen molar-refractivity contribution >= 4 is 51.2 Å². The van der Waals surface area contributed by atoms with Gasteiger partial charge in [-0.1, -0.05) is 0 Å². The number of piperazine rings is 1. The Kier molecular flexibility index (Phi) is 6.30. The first-order valence-corrected chi connectivity index (χ1v) is 8.63. The molecule has 5 nitrogen and oxygen atoms in total. The number of hydrogen-bond donors (Lipinski definition) is 3. The summed E-state index contributed by atoms with van der Waals surface area (Å²) in [5.74, 6) is -0.445. The van der Waals surface area contributed by atoms with Crippen LogP contribution in [0.5, 0.6) is 5.75 Å². The minimum absolute atomic E-state index is 0.00513. The van der Waals surface area contributed by atoms with Gasteiger partial charge in [0.15, 0.2) is 0 Å². The van der Waals surface area contributed by atoms with Crippen molar-refractivity contribution in [2.75, 3.05) is 39.3 Å². The topological polar surface area (TPSA) is 63.0 Å². The average Bonchev–Trinajstić information content (AvgIpc) is 2.44. The third-order valence-electron chi connectivity index (χ3n) is 3.25. The molecule has 1 aliphatic heterocycles. The normalized spacial score (nSPS) is 16.1. The SMILES string of the molecule is O=C(OCC[NH+]1CCNCC1)c1cc(I)cc(I)c1O. The zero-order valence-corrected chi connectivity index (χ0v) is 15.2. The van der Waals surface area contributed by atoms with E-state index in [1.807, 2.05) is 28.7 Å². The minimum Gasteiger partial charge on any atom is -0.506 e. The van der Waals surface area contributed by atoms with Gasteiger partial charge in [0.25, 0.3) is 0 Å². The van der Waals surface area contributed by atoms with E-state index >= 15 is 0 Å². The molecule has 110 valence electrons. The number of ether oxygens (including phenoxy) is 1. The maximum Gasteiger partial charge on any atom is 0.342 e. The molecule has 20 heavy (non-hydrogen) atoms. The average molecular weight is 503 g/mol. The molecule has 2 rings (SSSR count). The molecular weight excluding hydrogens is 486 g/mol. The van der Waals surface area contributed by atoms with Gasteiger partial charge in [0.2, 0.25) is 0 Å². The lowest BCUT2D eigenvalue weighted by Crippen LogP contribution is -3.15. The van der Waals surface area contributed by atoms with Crippen LogP contribution in [0.3, 0.4) is 0 Å². The Labute approximate surface area is 145 Å². The molecule has 1 aliphatic rings. The Balaban J connectivity index is 1.88. The predicted octanol–water partition coefficient (Wildman–Crippen LogP) is 0.246. The number of hydrogen-bond acceptors (Lipinski definition) is 4. The third-order valence-corrected chi connectivity index (χ3v) is 4.69. The number of phenolic OH excluding ortho intramolecular Hbond substituents is 1. The molecular formula is C13H17I2N2O3+. The summed E-state index contributed by atoms with van der Waals surface area (Å²) in [6, 6.07) is 3.47. The summed E-state index contributed by atoms with van der Waals surface area (Å²) in [6.45, 7) is 5.34. The van der Waals surface area contributed by atoms with E-state index < -0.39 is 5.97 Å². The lowest BCUT2D eigenvalue weighted by atomic mass is 10.2. The van der Waals surface area contributed by atoms with Crippen molar-refractivity contribution in [3.8, 4) is 5.75 Å². The van der Waals surface area contributed by atoms with Gasteiger partial charge in [-0.05, 0) is 57.3 Å². The zero-order valence-electron chi connectivity index (χ0n) is 10.9. The number of carbonyl (C=O) groups excluding carboxylic acids is 1. The third kappa shape index (κ3) is 4.43. The monoisotopic (exact) mass is 503 g/mol. The van der Waals surface area contributed by atoms with Crippen molar-refractivity contribution in [3.05, 3.63) is 24.8 Å². The first-order valence-electron chi connectivity index (χ1n) is 6.47. The summed E-state index contributed by atoms with van der Waals surface area (Å²) < 4.78 is 6.84. The fourth-order valence-electron chi connectivity index (χ4n) is 2.12. The lowest BCUT2D eigenvalue weighted by molar-refractivity contribution is -0.901. The van der Waals surface area contributed by atoms with Crippen LogP contribution in [0.2, 0.25) is 0 Å². The van der Waals surface area contributed by atoms with E-state index in [0.29, 0.717) is 10.2 Å².